The van der Waals surface area contributed by atoms with Gasteiger partial charge in [0, 0.05) is 19.4 Å². The Hall–Kier alpha value is -3.23. The van der Waals surface area contributed by atoms with Crippen LogP contribution in [0.5, 0.6) is 0 Å². The van der Waals surface area contributed by atoms with Gasteiger partial charge in [-0.15, -0.1) is 0 Å². The van der Waals surface area contributed by atoms with Crippen LogP contribution in [0, 0.1) is 0 Å². The predicted molar refractivity (Wildman–Crippen MR) is 130 cm³/mol. The number of primary sulfonamides is 1. The smallest absolute Gasteiger partial charge is 0.238 e. The van der Waals surface area contributed by atoms with E-state index in [1.54, 1.807) is 6.07 Å². The number of carbonyl (C=O) groups excluding carboxylic acids is 1. The fourth-order valence-corrected chi connectivity index (χ4v) is 4.78. The summed E-state index contributed by atoms with van der Waals surface area (Å²) in [5.41, 5.74) is 2.48. The summed E-state index contributed by atoms with van der Waals surface area (Å²) >= 11 is 0. The number of benzene rings is 3. The molecule has 0 aliphatic rings. The van der Waals surface area contributed by atoms with Crippen molar-refractivity contribution in [2.24, 2.45) is 5.14 Å². The van der Waals surface area contributed by atoms with Gasteiger partial charge in [0.25, 0.3) is 0 Å². The third-order valence-electron chi connectivity index (χ3n) is 5.82. The number of nitrogens with zero attached hydrogens (tertiary/aromatic N) is 2. The zero-order chi connectivity index (χ0) is 23.6. The Kier molecular flexibility index (Phi) is 6.49. The Morgan fingerprint density at radius 1 is 1.12 bits per heavy atom. The molecular formula is C25H28N4O3S. The number of aromatic nitrogens is 2. The summed E-state index contributed by atoms with van der Waals surface area (Å²) in [6, 6.07) is 18.8. The van der Waals surface area contributed by atoms with Crippen molar-refractivity contribution in [2.45, 2.75) is 50.6 Å². The van der Waals surface area contributed by atoms with Crippen LogP contribution in [0.2, 0.25) is 0 Å². The molecule has 0 saturated heterocycles. The number of rotatable bonds is 8. The first-order valence-corrected chi connectivity index (χ1v) is 12.6. The minimum atomic E-state index is -3.80. The van der Waals surface area contributed by atoms with Crippen molar-refractivity contribution >= 4 is 37.7 Å². The monoisotopic (exact) mass is 464 g/mol. The van der Waals surface area contributed by atoms with Gasteiger partial charge in [0.15, 0.2) is 0 Å². The molecule has 3 N–H and O–H groups in total. The van der Waals surface area contributed by atoms with E-state index in [0.717, 1.165) is 40.6 Å². The van der Waals surface area contributed by atoms with E-state index in [1.807, 2.05) is 35.8 Å². The molecule has 1 amide bonds. The molecule has 0 aliphatic carbocycles. The summed E-state index contributed by atoms with van der Waals surface area (Å²) in [6.45, 7) is 4.78. The molecule has 1 atom stereocenters. The van der Waals surface area contributed by atoms with E-state index in [0.29, 0.717) is 11.9 Å². The number of fused-ring (bicyclic) bond motifs is 2. The lowest BCUT2D eigenvalue weighted by Crippen LogP contribution is -2.27. The highest BCUT2D eigenvalue weighted by Gasteiger charge is 2.17. The molecule has 8 heteroatoms. The first kappa shape index (κ1) is 22.9. The van der Waals surface area contributed by atoms with E-state index in [-0.39, 0.29) is 23.3 Å². The molecule has 1 aromatic heterocycles. The average molecular weight is 465 g/mol. The third-order valence-corrected chi connectivity index (χ3v) is 6.73. The van der Waals surface area contributed by atoms with Crippen LogP contribution in [0.3, 0.4) is 0 Å². The standard InChI is InChI=1S/C25H28N4O3S/c1-3-15-29-23-12-11-19(33(26,31)32)16-22(23)28-24(29)13-14-25(30)27-17(2)20-10-6-8-18-7-4-5-9-21(18)20/h4-12,16-17H,3,13-15H2,1-2H3,(H,27,30)(H2,26,31,32). The van der Waals surface area contributed by atoms with Gasteiger partial charge in [0.2, 0.25) is 15.9 Å². The largest absolute Gasteiger partial charge is 0.350 e. The molecular weight excluding hydrogens is 436 g/mol. The van der Waals surface area contributed by atoms with Gasteiger partial charge in [-0.25, -0.2) is 18.5 Å². The average Bonchev–Trinajstić information content (AvgIpc) is 3.13. The molecule has 0 radical (unpaired) electrons. The van der Waals surface area contributed by atoms with Crippen LogP contribution >= 0.6 is 0 Å². The first-order valence-electron chi connectivity index (χ1n) is 11.1. The fraction of sp³-hybridized carbons (Fsp3) is 0.280. The molecule has 172 valence electrons. The number of carbonyl (C=O) groups is 1. The second-order valence-electron chi connectivity index (χ2n) is 8.23. The van der Waals surface area contributed by atoms with E-state index >= 15 is 0 Å². The van der Waals surface area contributed by atoms with Crippen molar-refractivity contribution < 1.29 is 13.2 Å². The number of sulfonamides is 1. The van der Waals surface area contributed by atoms with Crippen LogP contribution in [0.4, 0.5) is 0 Å². The highest BCUT2D eigenvalue weighted by atomic mass is 32.2. The van der Waals surface area contributed by atoms with Crippen molar-refractivity contribution in [1.82, 2.24) is 14.9 Å². The van der Waals surface area contributed by atoms with Gasteiger partial charge in [-0.1, -0.05) is 49.4 Å². The number of hydrogen-bond donors (Lipinski definition) is 2. The lowest BCUT2D eigenvalue weighted by molar-refractivity contribution is -0.121. The zero-order valence-corrected chi connectivity index (χ0v) is 19.6. The Balaban J connectivity index is 1.51. The van der Waals surface area contributed by atoms with Gasteiger partial charge >= 0.3 is 0 Å². The maximum absolute atomic E-state index is 12.8. The summed E-state index contributed by atoms with van der Waals surface area (Å²) in [4.78, 5) is 17.4. The molecule has 4 rings (SSSR count). The summed E-state index contributed by atoms with van der Waals surface area (Å²) in [7, 11) is -3.80. The van der Waals surface area contributed by atoms with Crippen LogP contribution in [0.1, 0.15) is 44.1 Å². The molecule has 0 spiro atoms. The SMILES string of the molecule is CCCn1c(CCC(=O)NC(C)c2cccc3ccccc23)nc2cc(S(N)(=O)=O)ccc21. The molecule has 33 heavy (non-hydrogen) atoms. The molecule has 3 aromatic carbocycles. The van der Waals surface area contributed by atoms with E-state index in [9.17, 15) is 13.2 Å². The summed E-state index contributed by atoms with van der Waals surface area (Å²) < 4.78 is 25.4. The van der Waals surface area contributed by atoms with Gasteiger partial charge in [0.05, 0.1) is 22.0 Å². The Morgan fingerprint density at radius 2 is 1.88 bits per heavy atom. The minimum Gasteiger partial charge on any atom is -0.350 e. The highest BCUT2D eigenvalue weighted by molar-refractivity contribution is 7.89. The summed E-state index contributed by atoms with van der Waals surface area (Å²) in [5.74, 6) is 0.696. The number of imidazole rings is 1. The van der Waals surface area contributed by atoms with Crippen LogP contribution in [-0.2, 0) is 27.8 Å². The third kappa shape index (κ3) is 4.91. The van der Waals surface area contributed by atoms with Gasteiger partial charge in [0.1, 0.15) is 5.82 Å². The minimum absolute atomic E-state index is 0.0318. The van der Waals surface area contributed by atoms with Crippen LogP contribution < -0.4 is 10.5 Å². The quantitative estimate of drug-likeness (QED) is 0.410. The molecule has 0 saturated carbocycles. The fourth-order valence-electron chi connectivity index (χ4n) is 4.25. The van der Waals surface area contributed by atoms with E-state index in [1.165, 1.54) is 12.1 Å². The van der Waals surface area contributed by atoms with Gasteiger partial charge in [-0.3, -0.25) is 4.79 Å². The second kappa shape index (κ2) is 9.33. The van der Waals surface area contributed by atoms with Crippen molar-refractivity contribution in [2.75, 3.05) is 0 Å². The normalized spacial score (nSPS) is 12.8. The zero-order valence-electron chi connectivity index (χ0n) is 18.8. The Morgan fingerprint density at radius 3 is 2.64 bits per heavy atom. The van der Waals surface area contributed by atoms with Crippen molar-refractivity contribution in [3.8, 4) is 0 Å². The van der Waals surface area contributed by atoms with Gasteiger partial charge in [-0.2, -0.15) is 0 Å². The van der Waals surface area contributed by atoms with Gasteiger partial charge in [-0.05, 0) is 47.9 Å². The Labute approximate surface area is 193 Å². The van der Waals surface area contributed by atoms with Crippen molar-refractivity contribution in [1.29, 1.82) is 0 Å². The Bertz CT molecular complexity index is 1420. The first-order chi connectivity index (χ1) is 15.8. The molecule has 0 fully saturated rings. The molecule has 1 unspecified atom stereocenters. The summed E-state index contributed by atoms with van der Waals surface area (Å²) in [5, 5.41) is 10.6. The van der Waals surface area contributed by atoms with Crippen molar-refractivity contribution in [3.63, 3.8) is 0 Å². The molecule has 4 aromatic rings. The van der Waals surface area contributed by atoms with Crippen LogP contribution in [0.25, 0.3) is 21.8 Å². The molecule has 0 aliphatic heterocycles. The number of aryl methyl sites for hydroxylation is 2. The van der Waals surface area contributed by atoms with Crippen molar-refractivity contribution in [3.05, 3.63) is 72.1 Å². The van der Waals surface area contributed by atoms with E-state index < -0.39 is 10.0 Å². The predicted octanol–water partition coefficient (Wildman–Crippen LogP) is 4.06. The number of nitrogens with one attached hydrogen (secondary N) is 1. The second-order valence-corrected chi connectivity index (χ2v) is 9.79. The van der Waals surface area contributed by atoms with Crippen LogP contribution in [-0.4, -0.2) is 23.9 Å². The topological polar surface area (TPSA) is 107 Å². The number of nitrogens with two attached hydrogens (primary N) is 1. The maximum Gasteiger partial charge on any atom is 0.238 e. The van der Waals surface area contributed by atoms with E-state index in [2.05, 4.69) is 35.4 Å². The van der Waals surface area contributed by atoms with Gasteiger partial charge < -0.3 is 9.88 Å². The highest BCUT2D eigenvalue weighted by Crippen LogP contribution is 2.25. The van der Waals surface area contributed by atoms with Crippen LogP contribution in [0.15, 0.2) is 65.6 Å². The van der Waals surface area contributed by atoms with E-state index in [4.69, 9.17) is 5.14 Å². The molecule has 0 bridgehead atoms. The lowest BCUT2D eigenvalue weighted by Gasteiger charge is -2.17. The number of hydrogen-bond acceptors (Lipinski definition) is 4. The molecule has 7 nitrogen and oxygen atoms in total. The maximum atomic E-state index is 12.8. The molecule has 1 heterocycles. The summed E-state index contributed by atoms with van der Waals surface area (Å²) in [6.07, 6.45) is 1.62. The number of amides is 1. The lowest BCUT2D eigenvalue weighted by atomic mass is 9.99.